The Morgan fingerprint density at radius 1 is 0.731 bits per heavy atom. The normalized spacial score (nSPS) is 16.0. The van der Waals surface area contributed by atoms with Gasteiger partial charge < -0.3 is 11.5 Å². The van der Waals surface area contributed by atoms with Crippen LogP contribution in [0.2, 0.25) is 0 Å². The van der Waals surface area contributed by atoms with Gasteiger partial charge >= 0.3 is 0 Å². The Labute approximate surface area is 161 Å². The van der Waals surface area contributed by atoms with Crippen molar-refractivity contribution in [2.45, 2.75) is 111 Å². The van der Waals surface area contributed by atoms with Gasteiger partial charge in [0.25, 0.3) is 0 Å². The Morgan fingerprint density at radius 2 is 1.19 bits per heavy atom. The topological polar surface area (TPSA) is 86.2 Å². The molecule has 0 spiro atoms. The standard InChI is InChI=1S/C22H44N2O2/c1-5-9-14-18(12-7-3)22(21(24)26,17-11-16-20(23)25)19(13-8-4)15-10-6-2/h18-19H,5-17H2,1-4H3,(H2,23,25)(H2,24,26). The molecule has 2 amide bonds. The van der Waals surface area contributed by atoms with E-state index in [0.29, 0.717) is 31.1 Å². The molecule has 0 radical (unpaired) electrons. The van der Waals surface area contributed by atoms with Crippen LogP contribution in [0.3, 0.4) is 0 Å². The van der Waals surface area contributed by atoms with Gasteiger partial charge in [0.2, 0.25) is 11.8 Å². The minimum Gasteiger partial charge on any atom is -0.370 e. The Kier molecular flexibility index (Phi) is 13.5. The van der Waals surface area contributed by atoms with E-state index in [2.05, 4.69) is 27.7 Å². The fourth-order valence-electron chi connectivity index (χ4n) is 4.74. The van der Waals surface area contributed by atoms with Crippen LogP contribution in [0, 0.1) is 17.3 Å². The Balaban J connectivity index is 5.87. The second kappa shape index (κ2) is 14.1. The first-order valence-corrected chi connectivity index (χ1v) is 11.0. The van der Waals surface area contributed by atoms with Crippen molar-refractivity contribution in [3.05, 3.63) is 0 Å². The van der Waals surface area contributed by atoms with Crippen LogP contribution < -0.4 is 11.5 Å². The highest BCUT2D eigenvalue weighted by molar-refractivity contribution is 5.82. The van der Waals surface area contributed by atoms with Gasteiger partial charge in [0, 0.05) is 6.42 Å². The molecule has 0 rings (SSSR count). The maximum Gasteiger partial charge on any atom is 0.224 e. The van der Waals surface area contributed by atoms with Crippen molar-refractivity contribution in [1.82, 2.24) is 0 Å². The monoisotopic (exact) mass is 368 g/mol. The van der Waals surface area contributed by atoms with Crippen LogP contribution in [0.4, 0.5) is 0 Å². The van der Waals surface area contributed by atoms with E-state index in [1.807, 2.05) is 0 Å². The number of nitrogens with two attached hydrogens (primary N) is 2. The summed E-state index contributed by atoms with van der Waals surface area (Å²) in [5, 5.41) is 0. The summed E-state index contributed by atoms with van der Waals surface area (Å²) >= 11 is 0. The molecule has 4 heteroatoms. The average Bonchev–Trinajstić information content (AvgIpc) is 2.59. The van der Waals surface area contributed by atoms with Gasteiger partial charge in [-0.25, -0.2) is 0 Å². The highest BCUT2D eigenvalue weighted by Gasteiger charge is 2.48. The summed E-state index contributed by atoms with van der Waals surface area (Å²) in [5.74, 6) is 0.188. The van der Waals surface area contributed by atoms with Crippen molar-refractivity contribution in [2.24, 2.45) is 28.7 Å². The van der Waals surface area contributed by atoms with Gasteiger partial charge in [-0.05, 0) is 50.4 Å². The van der Waals surface area contributed by atoms with E-state index >= 15 is 0 Å². The minimum absolute atomic E-state index is 0.147. The molecule has 26 heavy (non-hydrogen) atoms. The number of amides is 2. The molecule has 0 aliphatic rings. The molecule has 0 heterocycles. The van der Waals surface area contributed by atoms with Crippen molar-refractivity contribution in [2.75, 3.05) is 0 Å². The summed E-state index contributed by atoms with van der Waals surface area (Å²) in [6.07, 6.45) is 12.5. The smallest absolute Gasteiger partial charge is 0.224 e. The highest BCUT2D eigenvalue weighted by Crippen LogP contribution is 2.49. The molecular formula is C22H44N2O2. The number of primary amides is 2. The van der Waals surface area contributed by atoms with Crippen LogP contribution in [-0.2, 0) is 9.59 Å². The minimum atomic E-state index is -0.494. The van der Waals surface area contributed by atoms with Gasteiger partial charge in [-0.15, -0.1) is 0 Å². The molecule has 0 aliphatic heterocycles. The van der Waals surface area contributed by atoms with Gasteiger partial charge in [0.15, 0.2) is 0 Å². The lowest BCUT2D eigenvalue weighted by Gasteiger charge is -2.45. The zero-order valence-corrected chi connectivity index (χ0v) is 17.8. The zero-order valence-electron chi connectivity index (χ0n) is 17.8. The fourth-order valence-corrected chi connectivity index (χ4v) is 4.74. The molecule has 0 saturated heterocycles. The first kappa shape index (κ1) is 24.9. The van der Waals surface area contributed by atoms with Gasteiger partial charge in [0.05, 0.1) is 5.41 Å². The van der Waals surface area contributed by atoms with Gasteiger partial charge in [-0.2, -0.15) is 0 Å². The molecule has 2 atom stereocenters. The van der Waals surface area contributed by atoms with Gasteiger partial charge in [-0.3, -0.25) is 9.59 Å². The van der Waals surface area contributed by atoms with Gasteiger partial charge in [0.1, 0.15) is 0 Å². The lowest BCUT2D eigenvalue weighted by Crippen LogP contribution is -2.49. The quantitative estimate of drug-likeness (QED) is 0.364. The molecule has 0 aromatic heterocycles. The maximum absolute atomic E-state index is 13.0. The Hall–Kier alpha value is -1.06. The molecule has 2 unspecified atom stereocenters. The highest BCUT2D eigenvalue weighted by atomic mass is 16.1. The summed E-state index contributed by atoms with van der Waals surface area (Å²) in [6, 6.07) is 0. The van der Waals surface area contributed by atoms with E-state index in [9.17, 15) is 9.59 Å². The summed E-state index contributed by atoms with van der Waals surface area (Å²) in [5.41, 5.74) is 11.0. The molecule has 0 saturated carbocycles. The molecule has 4 N–H and O–H groups in total. The number of hydrogen-bond donors (Lipinski definition) is 2. The number of carbonyl (C=O) groups is 2. The van der Waals surface area contributed by atoms with E-state index in [1.165, 1.54) is 0 Å². The lowest BCUT2D eigenvalue weighted by molar-refractivity contribution is -0.138. The summed E-state index contributed by atoms with van der Waals surface area (Å²) in [6.45, 7) is 8.77. The molecule has 0 aromatic rings. The molecule has 0 aromatic carbocycles. The first-order chi connectivity index (χ1) is 12.4. The van der Waals surface area contributed by atoms with E-state index in [4.69, 9.17) is 11.5 Å². The van der Waals surface area contributed by atoms with Crippen LogP contribution in [-0.4, -0.2) is 11.8 Å². The van der Waals surface area contributed by atoms with E-state index in [0.717, 1.165) is 64.2 Å². The van der Waals surface area contributed by atoms with E-state index in [1.54, 1.807) is 0 Å². The second-order valence-corrected chi connectivity index (χ2v) is 7.98. The third-order valence-electron chi connectivity index (χ3n) is 6.02. The molecule has 0 aliphatic carbocycles. The molecule has 4 nitrogen and oxygen atoms in total. The van der Waals surface area contributed by atoms with Crippen LogP contribution in [0.15, 0.2) is 0 Å². The average molecular weight is 369 g/mol. The van der Waals surface area contributed by atoms with Crippen molar-refractivity contribution < 1.29 is 9.59 Å². The number of carbonyl (C=O) groups excluding carboxylic acids is 2. The summed E-state index contributed by atoms with van der Waals surface area (Å²) in [4.78, 5) is 24.3. The summed E-state index contributed by atoms with van der Waals surface area (Å²) in [7, 11) is 0. The molecular weight excluding hydrogens is 324 g/mol. The van der Waals surface area contributed by atoms with Crippen LogP contribution >= 0.6 is 0 Å². The maximum atomic E-state index is 13.0. The Bertz CT molecular complexity index is 378. The second-order valence-electron chi connectivity index (χ2n) is 7.98. The third-order valence-corrected chi connectivity index (χ3v) is 6.02. The SMILES string of the molecule is CCCCC(CCC)C(CCCC(N)=O)(C(N)=O)C(CCC)CCCC. The van der Waals surface area contributed by atoms with E-state index in [-0.39, 0.29) is 11.8 Å². The first-order valence-electron chi connectivity index (χ1n) is 11.0. The predicted octanol–water partition coefficient (Wildman–Crippen LogP) is 5.33. The largest absolute Gasteiger partial charge is 0.370 e. The van der Waals surface area contributed by atoms with Crippen LogP contribution in [0.1, 0.15) is 111 Å². The number of hydrogen-bond acceptors (Lipinski definition) is 2. The van der Waals surface area contributed by atoms with Crippen molar-refractivity contribution in [1.29, 1.82) is 0 Å². The van der Waals surface area contributed by atoms with Crippen LogP contribution in [0.5, 0.6) is 0 Å². The number of unbranched alkanes of at least 4 members (excludes halogenated alkanes) is 2. The fraction of sp³-hybridized carbons (Fsp3) is 0.909. The predicted molar refractivity (Wildman–Crippen MR) is 111 cm³/mol. The van der Waals surface area contributed by atoms with Crippen LogP contribution in [0.25, 0.3) is 0 Å². The molecule has 154 valence electrons. The van der Waals surface area contributed by atoms with Crippen molar-refractivity contribution in [3.63, 3.8) is 0 Å². The molecule has 0 bridgehead atoms. The number of rotatable bonds is 17. The zero-order chi connectivity index (χ0) is 20.0. The van der Waals surface area contributed by atoms with Crippen molar-refractivity contribution >= 4 is 11.8 Å². The Morgan fingerprint density at radius 3 is 1.50 bits per heavy atom. The lowest BCUT2D eigenvalue weighted by atomic mass is 9.58. The van der Waals surface area contributed by atoms with Gasteiger partial charge in [-0.1, -0.05) is 66.2 Å². The third kappa shape index (κ3) is 7.67. The summed E-state index contributed by atoms with van der Waals surface area (Å²) < 4.78 is 0. The van der Waals surface area contributed by atoms with Crippen molar-refractivity contribution in [3.8, 4) is 0 Å². The van der Waals surface area contributed by atoms with E-state index < -0.39 is 5.41 Å². The molecule has 0 fully saturated rings.